The van der Waals surface area contributed by atoms with Gasteiger partial charge in [-0.05, 0) is 53.3 Å². The van der Waals surface area contributed by atoms with E-state index in [0.29, 0.717) is 5.11 Å². The van der Waals surface area contributed by atoms with E-state index in [1.807, 2.05) is 12.1 Å². The second-order valence-electron chi connectivity index (χ2n) is 5.51. The summed E-state index contributed by atoms with van der Waals surface area (Å²) in [6.07, 6.45) is 1.01. The lowest BCUT2D eigenvalue weighted by Gasteiger charge is -2.20. The van der Waals surface area contributed by atoms with Crippen LogP contribution in [0.2, 0.25) is 0 Å². The first-order valence-corrected chi connectivity index (χ1v) is 9.30. The maximum atomic E-state index is 5.55. The summed E-state index contributed by atoms with van der Waals surface area (Å²) >= 11 is 7.28. The van der Waals surface area contributed by atoms with E-state index < -0.39 is 0 Å². The second kappa shape index (κ2) is 8.08. The molecule has 3 rings (SSSR count). The molecule has 0 saturated heterocycles. The summed E-state index contributed by atoms with van der Waals surface area (Å²) in [5, 5.41) is 9.48. The normalized spacial score (nSPS) is 11.7. The third-order valence-corrected chi connectivity index (χ3v) is 4.99. The zero-order valence-corrected chi connectivity index (χ0v) is 15.2. The molecule has 2 nitrogen and oxygen atoms in total. The lowest BCUT2D eigenvalue weighted by molar-refractivity contribution is 0.784. The Bertz CT molecular complexity index is 782. The van der Waals surface area contributed by atoms with Crippen LogP contribution in [0, 0.1) is 0 Å². The number of thiophene rings is 1. The van der Waals surface area contributed by atoms with Gasteiger partial charge >= 0.3 is 0 Å². The van der Waals surface area contributed by atoms with Gasteiger partial charge in [-0.25, -0.2) is 0 Å². The number of thiocarbonyl (C=S) groups is 1. The monoisotopic (exact) mass is 352 g/mol. The van der Waals surface area contributed by atoms with Crippen molar-refractivity contribution in [3.8, 4) is 0 Å². The molecule has 1 atom stereocenters. The van der Waals surface area contributed by atoms with Crippen LogP contribution in [0.15, 0.2) is 72.1 Å². The highest BCUT2D eigenvalue weighted by atomic mass is 32.1. The number of rotatable bonds is 5. The van der Waals surface area contributed by atoms with E-state index in [0.717, 1.165) is 12.1 Å². The molecule has 1 aromatic heterocycles. The van der Waals surface area contributed by atoms with E-state index >= 15 is 0 Å². The van der Waals surface area contributed by atoms with Crippen LogP contribution in [-0.2, 0) is 6.42 Å². The van der Waals surface area contributed by atoms with Crippen molar-refractivity contribution in [3.63, 3.8) is 0 Å². The minimum absolute atomic E-state index is 0.0561. The number of aryl methyl sites for hydroxylation is 1. The van der Waals surface area contributed by atoms with E-state index in [1.165, 1.54) is 16.0 Å². The SMILES string of the molecule is CCc1cccc(NC(=S)N[C@@H](c2ccccc2)c2cccs2)c1. The van der Waals surface area contributed by atoms with Crippen LogP contribution in [0.5, 0.6) is 0 Å². The number of anilines is 1. The Hall–Kier alpha value is -2.17. The fourth-order valence-electron chi connectivity index (χ4n) is 2.59. The van der Waals surface area contributed by atoms with Crippen LogP contribution in [-0.4, -0.2) is 5.11 Å². The molecule has 2 aromatic carbocycles. The lowest BCUT2D eigenvalue weighted by Crippen LogP contribution is -2.32. The van der Waals surface area contributed by atoms with Crippen LogP contribution in [0.4, 0.5) is 5.69 Å². The molecule has 0 amide bonds. The summed E-state index contributed by atoms with van der Waals surface area (Å²) in [6, 6.07) is 23.0. The molecule has 4 heteroatoms. The minimum atomic E-state index is 0.0561. The fourth-order valence-corrected chi connectivity index (χ4v) is 3.63. The van der Waals surface area contributed by atoms with Crippen molar-refractivity contribution in [2.75, 3.05) is 5.32 Å². The van der Waals surface area contributed by atoms with E-state index in [2.05, 4.69) is 77.5 Å². The van der Waals surface area contributed by atoms with E-state index in [9.17, 15) is 0 Å². The van der Waals surface area contributed by atoms with Crippen molar-refractivity contribution in [3.05, 3.63) is 88.1 Å². The van der Waals surface area contributed by atoms with Crippen molar-refractivity contribution < 1.29 is 0 Å². The van der Waals surface area contributed by atoms with Gasteiger partial charge in [-0.2, -0.15) is 0 Å². The van der Waals surface area contributed by atoms with E-state index in [1.54, 1.807) is 11.3 Å². The van der Waals surface area contributed by atoms with Gasteiger partial charge in [0.25, 0.3) is 0 Å². The molecule has 2 N–H and O–H groups in total. The van der Waals surface area contributed by atoms with Crippen LogP contribution in [0.3, 0.4) is 0 Å². The smallest absolute Gasteiger partial charge is 0.171 e. The van der Waals surface area contributed by atoms with Gasteiger partial charge in [0.05, 0.1) is 6.04 Å². The molecule has 3 aromatic rings. The molecule has 1 heterocycles. The molecule has 0 saturated carbocycles. The molecular weight excluding hydrogens is 332 g/mol. The van der Waals surface area contributed by atoms with E-state index in [4.69, 9.17) is 12.2 Å². The molecule has 0 aliphatic heterocycles. The van der Waals surface area contributed by atoms with Crippen LogP contribution >= 0.6 is 23.6 Å². The maximum Gasteiger partial charge on any atom is 0.171 e. The first-order valence-electron chi connectivity index (χ1n) is 8.01. The molecule has 0 bridgehead atoms. The number of benzene rings is 2. The first kappa shape index (κ1) is 16.7. The molecule has 24 heavy (non-hydrogen) atoms. The largest absolute Gasteiger partial charge is 0.351 e. The third kappa shape index (κ3) is 4.22. The van der Waals surface area contributed by atoms with Crippen LogP contribution in [0.1, 0.15) is 29.0 Å². The third-order valence-electron chi connectivity index (χ3n) is 3.83. The van der Waals surface area contributed by atoms with Crippen molar-refractivity contribution in [2.24, 2.45) is 0 Å². The zero-order chi connectivity index (χ0) is 16.8. The topological polar surface area (TPSA) is 24.1 Å². The Kier molecular flexibility index (Phi) is 5.62. The number of hydrogen-bond acceptors (Lipinski definition) is 2. The minimum Gasteiger partial charge on any atom is -0.351 e. The van der Waals surface area contributed by atoms with Crippen molar-refractivity contribution in [1.82, 2.24) is 5.32 Å². The molecule has 0 radical (unpaired) electrons. The average molecular weight is 353 g/mol. The van der Waals surface area contributed by atoms with Gasteiger partial charge < -0.3 is 10.6 Å². The van der Waals surface area contributed by atoms with Crippen molar-refractivity contribution >= 4 is 34.4 Å². The summed E-state index contributed by atoms with van der Waals surface area (Å²) in [4.78, 5) is 1.24. The average Bonchev–Trinajstić information content (AvgIpc) is 3.15. The Morgan fingerprint density at radius 2 is 1.88 bits per heavy atom. The Labute approximate surface area is 152 Å². The molecule has 0 fully saturated rings. The highest BCUT2D eigenvalue weighted by molar-refractivity contribution is 7.80. The van der Waals surface area contributed by atoms with Gasteiger partial charge in [0.15, 0.2) is 5.11 Å². The predicted octanol–water partition coefficient (Wildman–Crippen LogP) is 5.39. The summed E-state index contributed by atoms with van der Waals surface area (Å²) in [5.41, 5.74) is 3.51. The zero-order valence-electron chi connectivity index (χ0n) is 13.5. The summed E-state index contributed by atoms with van der Waals surface area (Å²) in [5.74, 6) is 0. The summed E-state index contributed by atoms with van der Waals surface area (Å²) < 4.78 is 0. The number of nitrogens with one attached hydrogen (secondary N) is 2. The molecule has 0 aliphatic rings. The molecule has 122 valence electrons. The molecule has 0 unspecified atom stereocenters. The van der Waals surface area contributed by atoms with Gasteiger partial charge in [0, 0.05) is 10.6 Å². The fraction of sp³-hybridized carbons (Fsp3) is 0.150. The lowest BCUT2D eigenvalue weighted by atomic mass is 10.1. The molecule has 0 spiro atoms. The predicted molar refractivity (Wildman–Crippen MR) is 108 cm³/mol. The van der Waals surface area contributed by atoms with Gasteiger partial charge in [-0.1, -0.05) is 55.5 Å². The Morgan fingerprint density at radius 3 is 2.58 bits per heavy atom. The Balaban J connectivity index is 1.76. The van der Waals surface area contributed by atoms with Gasteiger partial charge in [-0.3, -0.25) is 0 Å². The maximum absolute atomic E-state index is 5.55. The summed E-state index contributed by atoms with van der Waals surface area (Å²) in [6.45, 7) is 2.15. The van der Waals surface area contributed by atoms with E-state index in [-0.39, 0.29) is 6.04 Å². The Morgan fingerprint density at radius 1 is 1.04 bits per heavy atom. The van der Waals surface area contributed by atoms with Crippen molar-refractivity contribution in [2.45, 2.75) is 19.4 Å². The number of hydrogen-bond donors (Lipinski definition) is 2. The quantitative estimate of drug-likeness (QED) is 0.602. The highest BCUT2D eigenvalue weighted by Gasteiger charge is 2.16. The first-order chi connectivity index (χ1) is 11.8. The summed E-state index contributed by atoms with van der Waals surface area (Å²) in [7, 11) is 0. The highest BCUT2D eigenvalue weighted by Crippen LogP contribution is 2.26. The van der Waals surface area contributed by atoms with Crippen LogP contribution < -0.4 is 10.6 Å². The molecular formula is C20H20N2S2. The van der Waals surface area contributed by atoms with Gasteiger partial charge in [0.2, 0.25) is 0 Å². The van der Waals surface area contributed by atoms with Crippen molar-refractivity contribution in [1.29, 1.82) is 0 Å². The second-order valence-corrected chi connectivity index (χ2v) is 6.90. The van der Waals surface area contributed by atoms with Gasteiger partial charge in [0.1, 0.15) is 0 Å². The van der Waals surface area contributed by atoms with Gasteiger partial charge in [-0.15, -0.1) is 11.3 Å². The van der Waals surface area contributed by atoms with Crippen LogP contribution in [0.25, 0.3) is 0 Å². The standard InChI is InChI=1S/C20H20N2S2/c1-2-15-8-6-11-17(14-15)21-20(23)22-19(18-12-7-13-24-18)16-9-4-3-5-10-16/h3-14,19H,2H2,1H3,(H2,21,22,23)/t19-/m0/s1. The molecule has 0 aliphatic carbocycles.